The summed E-state index contributed by atoms with van der Waals surface area (Å²) in [5.41, 5.74) is -0.797. The van der Waals surface area contributed by atoms with Gasteiger partial charge in [0.05, 0.1) is 11.4 Å². The summed E-state index contributed by atoms with van der Waals surface area (Å²) >= 11 is 0. The van der Waals surface area contributed by atoms with Crippen molar-refractivity contribution in [3.05, 3.63) is 45.8 Å². The molecule has 1 aromatic carbocycles. The first kappa shape index (κ1) is 19.9. The predicted octanol–water partition coefficient (Wildman–Crippen LogP) is 3.13. The highest BCUT2D eigenvalue weighted by molar-refractivity contribution is 6.07. The summed E-state index contributed by atoms with van der Waals surface area (Å²) < 4.78 is 4.62. The van der Waals surface area contributed by atoms with Crippen molar-refractivity contribution in [2.75, 3.05) is 5.32 Å². The van der Waals surface area contributed by atoms with Gasteiger partial charge in [0.2, 0.25) is 5.91 Å². The summed E-state index contributed by atoms with van der Waals surface area (Å²) in [4.78, 5) is 39.5. The molecular formula is C19H20N2O6. The Morgan fingerprint density at radius 3 is 2.52 bits per heavy atom. The summed E-state index contributed by atoms with van der Waals surface area (Å²) in [7, 11) is 0. The Morgan fingerprint density at radius 2 is 1.89 bits per heavy atom. The third kappa shape index (κ3) is 4.60. The van der Waals surface area contributed by atoms with Crippen LogP contribution in [0.2, 0.25) is 0 Å². The van der Waals surface area contributed by atoms with E-state index in [2.05, 4.69) is 14.7 Å². The SMILES string of the molecule is CCCC(=O)Nc1cccc(N=C(C)c2c(O)c(C(C)=O)c(O)oc2=O)c1. The Balaban J connectivity index is 2.44. The van der Waals surface area contributed by atoms with Gasteiger partial charge in [0, 0.05) is 12.1 Å². The van der Waals surface area contributed by atoms with Gasteiger partial charge in [-0.3, -0.25) is 14.6 Å². The van der Waals surface area contributed by atoms with Crippen molar-refractivity contribution in [2.45, 2.75) is 33.6 Å². The second-order valence-corrected chi connectivity index (χ2v) is 5.90. The van der Waals surface area contributed by atoms with E-state index in [0.717, 1.165) is 13.3 Å². The third-order valence-electron chi connectivity index (χ3n) is 3.70. The van der Waals surface area contributed by atoms with Crippen LogP contribution in [0.3, 0.4) is 0 Å². The Labute approximate surface area is 155 Å². The number of benzene rings is 1. The number of carbonyl (C=O) groups is 2. The second-order valence-electron chi connectivity index (χ2n) is 5.90. The number of amides is 1. The summed E-state index contributed by atoms with van der Waals surface area (Å²) in [5, 5.41) is 22.5. The van der Waals surface area contributed by atoms with Crippen LogP contribution in [0.4, 0.5) is 11.4 Å². The third-order valence-corrected chi connectivity index (χ3v) is 3.70. The predicted molar refractivity (Wildman–Crippen MR) is 100 cm³/mol. The molecule has 2 aromatic rings. The molecule has 0 radical (unpaired) electrons. The van der Waals surface area contributed by atoms with Gasteiger partial charge in [-0.1, -0.05) is 13.0 Å². The monoisotopic (exact) mass is 372 g/mol. The quantitative estimate of drug-likeness (QED) is 0.528. The van der Waals surface area contributed by atoms with Crippen LogP contribution in [0.5, 0.6) is 11.7 Å². The maximum atomic E-state index is 12.0. The standard InChI is InChI=1S/C19H20N2O6/c1-4-6-14(23)21-13-8-5-7-12(9-13)20-10(2)15-17(24)16(11(3)22)19(26)27-18(15)25/h5,7-9,24,26H,4,6H2,1-3H3,(H,21,23). The number of nitrogens with one attached hydrogen (secondary N) is 1. The molecule has 2 rings (SSSR count). The first-order valence-corrected chi connectivity index (χ1v) is 8.30. The highest BCUT2D eigenvalue weighted by atomic mass is 16.5. The molecule has 0 unspecified atom stereocenters. The molecule has 0 atom stereocenters. The number of hydrogen-bond donors (Lipinski definition) is 3. The van der Waals surface area contributed by atoms with Gasteiger partial charge in [0.15, 0.2) is 5.78 Å². The van der Waals surface area contributed by atoms with E-state index >= 15 is 0 Å². The van der Waals surface area contributed by atoms with Gasteiger partial charge in [-0.25, -0.2) is 4.79 Å². The first-order chi connectivity index (χ1) is 12.7. The number of carbonyl (C=O) groups excluding carboxylic acids is 2. The lowest BCUT2D eigenvalue weighted by Gasteiger charge is -2.08. The zero-order chi connectivity index (χ0) is 20.1. The fraction of sp³-hybridized carbons (Fsp3) is 0.263. The normalized spacial score (nSPS) is 11.3. The van der Waals surface area contributed by atoms with Crippen LogP contribution >= 0.6 is 0 Å². The van der Waals surface area contributed by atoms with Crippen LogP contribution in [0.1, 0.15) is 49.5 Å². The van der Waals surface area contributed by atoms with Gasteiger partial charge in [0.25, 0.3) is 5.95 Å². The molecule has 0 aliphatic rings. The van der Waals surface area contributed by atoms with Gasteiger partial charge in [-0.05, 0) is 38.5 Å². The maximum Gasteiger partial charge on any atom is 0.351 e. The van der Waals surface area contributed by atoms with Gasteiger partial charge in [-0.2, -0.15) is 0 Å². The number of anilines is 1. The Hall–Kier alpha value is -3.42. The number of aromatic hydroxyl groups is 2. The molecule has 0 fully saturated rings. The van der Waals surface area contributed by atoms with E-state index in [0.29, 0.717) is 17.8 Å². The molecule has 142 valence electrons. The highest BCUT2D eigenvalue weighted by Crippen LogP contribution is 2.29. The van der Waals surface area contributed by atoms with Gasteiger partial charge in [0.1, 0.15) is 16.9 Å². The molecule has 0 aliphatic heterocycles. The smallest absolute Gasteiger partial charge is 0.351 e. The van der Waals surface area contributed by atoms with Crippen molar-refractivity contribution >= 4 is 28.8 Å². The second kappa shape index (κ2) is 8.31. The van der Waals surface area contributed by atoms with E-state index in [1.165, 1.54) is 6.92 Å². The molecule has 0 bridgehead atoms. The molecule has 27 heavy (non-hydrogen) atoms. The van der Waals surface area contributed by atoms with E-state index in [1.807, 2.05) is 6.92 Å². The van der Waals surface area contributed by atoms with Crippen LogP contribution in [0.25, 0.3) is 0 Å². The first-order valence-electron chi connectivity index (χ1n) is 8.30. The lowest BCUT2D eigenvalue weighted by atomic mass is 10.1. The molecule has 1 heterocycles. The number of aliphatic imine (C=N–C) groups is 1. The fourth-order valence-corrected chi connectivity index (χ4v) is 2.50. The minimum atomic E-state index is -1.02. The van der Waals surface area contributed by atoms with Crippen LogP contribution in [-0.4, -0.2) is 27.6 Å². The average Bonchev–Trinajstić information content (AvgIpc) is 2.54. The minimum absolute atomic E-state index is 0.0841. The van der Waals surface area contributed by atoms with Crippen LogP contribution in [0, 0.1) is 0 Å². The number of nitrogens with zero attached hydrogens (tertiary/aromatic N) is 1. The molecule has 8 nitrogen and oxygen atoms in total. The summed E-state index contributed by atoms with van der Waals surface area (Å²) in [6, 6.07) is 6.61. The molecule has 0 saturated heterocycles. The molecule has 0 saturated carbocycles. The topological polar surface area (TPSA) is 129 Å². The van der Waals surface area contributed by atoms with Crippen molar-refractivity contribution in [1.29, 1.82) is 0 Å². The van der Waals surface area contributed by atoms with Crippen molar-refractivity contribution < 1.29 is 24.2 Å². The number of rotatable bonds is 6. The van der Waals surface area contributed by atoms with E-state index in [9.17, 15) is 24.6 Å². The van der Waals surface area contributed by atoms with Crippen molar-refractivity contribution in [3.63, 3.8) is 0 Å². The summed E-state index contributed by atoms with van der Waals surface area (Å²) in [5.74, 6) is -2.42. The zero-order valence-corrected chi connectivity index (χ0v) is 15.2. The fourth-order valence-electron chi connectivity index (χ4n) is 2.50. The van der Waals surface area contributed by atoms with Gasteiger partial charge >= 0.3 is 5.63 Å². The zero-order valence-electron chi connectivity index (χ0n) is 15.2. The van der Waals surface area contributed by atoms with Crippen LogP contribution in [0.15, 0.2) is 38.5 Å². The van der Waals surface area contributed by atoms with Crippen LogP contribution in [-0.2, 0) is 4.79 Å². The number of ketones is 1. The lowest BCUT2D eigenvalue weighted by Crippen LogP contribution is -2.15. The van der Waals surface area contributed by atoms with Crippen molar-refractivity contribution in [1.82, 2.24) is 0 Å². The van der Waals surface area contributed by atoms with Crippen molar-refractivity contribution in [3.8, 4) is 11.7 Å². The maximum absolute atomic E-state index is 12.0. The molecular weight excluding hydrogens is 352 g/mol. The Morgan fingerprint density at radius 1 is 1.19 bits per heavy atom. The summed E-state index contributed by atoms with van der Waals surface area (Å²) in [6.07, 6.45) is 1.11. The highest BCUT2D eigenvalue weighted by Gasteiger charge is 2.23. The van der Waals surface area contributed by atoms with E-state index in [-0.39, 0.29) is 17.2 Å². The molecule has 1 amide bonds. The van der Waals surface area contributed by atoms with Crippen molar-refractivity contribution in [2.24, 2.45) is 4.99 Å². The van der Waals surface area contributed by atoms with Gasteiger partial charge < -0.3 is 19.9 Å². The molecule has 8 heteroatoms. The number of Topliss-reactive ketones (excluding diaryl/α,β-unsaturated/α-hetero) is 1. The molecule has 3 N–H and O–H groups in total. The number of hydrogen-bond acceptors (Lipinski definition) is 7. The van der Waals surface area contributed by atoms with E-state index < -0.39 is 28.7 Å². The molecule has 0 spiro atoms. The van der Waals surface area contributed by atoms with E-state index in [1.54, 1.807) is 24.3 Å². The minimum Gasteiger partial charge on any atom is -0.506 e. The average molecular weight is 372 g/mol. The molecule has 1 aromatic heterocycles. The summed E-state index contributed by atoms with van der Waals surface area (Å²) in [6.45, 7) is 4.47. The molecule has 0 aliphatic carbocycles. The van der Waals surface area contributed by atoms with E-state index in [4.69, 9.17) is 0 Å². The van der Waals surface area contributed by atoms with Crippen LogP contribution < -0.4 is 10.9 Å². The largest absolute Gasteiger partial charge is 0.506 e. The van der Waals surface area contributed by atoms with Gasteiger partial charge in [-0.15, -0.1) is 0 Å². The Bertz CT molecular complexity index is 975. The lowest BCUT2D eigenvalue weighted by molar-refractivity contribution is -0.116. The Kier molecular flexibility index (Phi) is 6.12.